The number of nitrogens with zero attached hydrogens (tertiary/aromatic N) is 1. The number of likely N-dealkylation sites (tertiary alicyclic amines) is 1. The molecule has 1 aromatic carbocycles. The monoisotopic (exact) mass is 339 g/mol. The summed E-state index contributed by atoms with van der Waals surface area (Å²) in [6.07, 6.45) is 1.09. The van der Waals surface area contributed by atoms with E-state index in [0.29, 0.717) is 24.2 Å². The maximum absolute atomic E-state index is 12.3. The Balaban J connectivity index is 1.62. The number of pyridine rings is 1. The molecule has 0 unspecified atom stereocenters. The minimum atomic E-state index is -0.353. The molecule has 132 valence electrons. The Kier molecular flexibility index (Phi) is 5.34. The topological polar surface area (TPSA) is 65.2 Å². The first kappa shape index (κ1) is 17.4. The van der Waals surface area contributed by atoms with Crippen LogP contribution in [0.2, 0.25) is 0 Å². The number of hydrogen-bond donors (Lipinski definition) is 2. The summed E-state index contributed by atoms with van der Waals surface area (Å²) >= 11 is 0. The standard InChI is InChI=1S/C20H25N3O2/c1-14(2)23-11-10-15(13-23)12-21-19(24)17-8-9-18(22-20(17)25)16-6-4-3-5-7-16/h3-9,14-15H,10-13H2,1-2H3,(H,21,24)(H,22,25)/t15-/m0/s1. The highest BCUT2D eigenvalue weighted by Gasteiger charge is 2.24. The molecule has 0 aliphatic carbocycles. The summed E-state index contributed by atoms with van der Waals surface area (Å²) in [6.45, 7) is 7.07. The van der Waals surface area contributed by atoms with E-state index < -0.39 is 0 Å². The minimum absolute atomic E-state index is 0.165. The normalized spacial score (nSPS) is 17.8. The van der Waals surface area contributed by atoms with Gasteiger partial charge in [0.05, 0.1) is 0 Å². The molecule has 2 heterocycles. The van der Waals surface area contributed by atoms with E-state index in [1.165, 1.54) is 0 Å². The average molecular weight is 339 g/mol. The third-order valence-electron chi connectivity index (χ3n) is 4.84. The molecule has 2 N–H and O–H groups in total. The molecule has 1 atom stereocenters. The predicted octanol–water partition coefficient (Wildman–Crippen LogP) is 2.50. The number of nitrogens with one attached hydrogen (secondary N) is 2. The number of rotatable bonds is 5. The van der Waals surface area contributed by atoms with E-state index in [1.54, 1.807) is 12.1 Å². The molecular formula is C20H25N3O2. The van der Waals surface area contributed by atoms with E-state index in [4.69, 9.17) is 0 Å². The predicted molar refractivity (Wildman–Crippen MR) is 99.6 cm³/mol. The number of aromatic amines is 1. The van der Waals surface area contributed by atoms with Crippen molar-refractivity contribution in [1.82, 2.24) is 15.2 Å². The molecule has 0 radical (unpaired) electrons. The van der Waals surface area contributed by atoms with E-state index >= 15 is 0 Å². The van der Waals surface area contributed by atoms with Crippen LogP contribution in [-0.4, -0.2) is 41.5 Å². The molecule has 0 saturated carbocycles. The van der Waals surface area contributed by atoms with Crippen LogP contribution in [0.4, 0.5) is 0 Å². The molecule has 1 amide bonds. The van der Waals surface area contributed by atoms with Gasteiger partial charge in [-0.3, -0.25) is 9.59 Å². The van der Waals surface area contributed by atoms with Crippen LogP contribution in [0.15, 0.2) is 47.3 Å². The molecule has 0 spiro atoms. The van der Waals surface area contributed by atoms with Crippen molar-refractivity contribution in [3.63, 3.8) is 0 Å². The molecule has 1 fully saturated rings. The van der Waals surface area contributed by atoms with Crippen LogP contribution in [0.25, 0.3) is 11.3 Å². The number of hydrogen-bond acceptors (Lipinski definition) is 3. The largest absolute Gasteiger partial charge is 0.352 e. The van der Waals surface area contributed by atoms with Gasteiger partial charge in [-0.1, -0.05) is 30.3 Å². The van der Waals surface area contributed by atoms with Gasteiger partial charge in [-0.15, -0.1) is 0 Å². The number of benzene rings is 1. The van der Waals surface area contributed by atoms with Gasteiger partial charge in [0.15, 0.2) is 0 Å². The Bertz CT molecular complexity index is 783. The van der Waals surface area contributed by atoms with Crippen LogP contribution >= 0.6 is 0 Å². The highest BCUT2D eigenvalue weighted by atomic mass is 16.2. The molecule has 1 aromatic heterocycles. The van der Waals surface area contributed by atoms with Crippen molar-refractivity contribution < 1.29 is 4.79 Å². The Morgan fingerprint density at radius 1 is 1.24 bits per heavy atom. The first-order chi connectivity index (χ1) is 12.0. The summed E-state index contributed by atoms with van der Waals surface area (Å²) in [5, 5.41) is 2.91. The van der Waals surface area contributed by atoms with Crippen molar-refractivity contribution in [1.29, 1.82) is 0 Å². The smallest absolute Gasteiger partial charge is 0.261 e. The lowest BCUT2D eigenvalue weighted by Gasteiger charge is -2.20. The van der Waals surface area contributed by atoms with Crippen molar-refractivity contribution in [2.75, 3.05) is 19.6 Å². The lowest BCUT2D eigenvalue weighted by molar-refractivity contribution is 0.0945. The van der Waals surface area contributed by atoms with Crippen LogP contribution in [0.5, 0.6) is 0 Å². The zero-order valence-corrected chi connectivity index (χ0v) is 14.8. The van der Waals surface area contributed by atoms with Crippen LogP contribution in [0.3, 0.4) is 0 Å². The summed E-state index contributed by atoms with van der Waals surface area (Å²) in [4.78, 5) is 29.8. The van der Waals surface area contributed by atoms with Crippen molar-refractivity contribution in [3.05, 3.63) is 58.4 Å². The Morgan fingerprint density at radius 3 is 2.64 bits per heavy atom. The highest BCUT2D eigenvalue weighted by molar-refractivity contribution is 5.94. The van der Waals surface area contributed by atoms with E-state index in [2.05, 4.69) is 29.0 Å². The molecule has 1 saturated heterocycles. The molecule has 5 nitrogen and oxygen atoms in total. The maximum Gasteiger partial charge on any atom is 0.261 e. The minimum Gasteiger partial charge on any atom is -0.352 e. The van der Waals surface area contributed by atoms with Gasteiger partial charge in [-0.25, -0.2) is 0 Å². The second kappa shape index (κ2) is 7.66. The van der Waals surface area contributed by atoms with Gasteiger partial charge in [-0.05, 0) is 50.4 Å². The van der Waals surface area contributed by atoms with Gasteiger partial charge in [-0.2, -0.15) is 0 Å². The van der Waals surface area contributed by atoms with E-state index in [9.17, 15) is 9.59 Å². The quantitative estimate of drug-likeness (QED) is 0.880. The summed E-state index contributed by atoms with van der Waals surface area (Å²) in [5.74, 6) is 0.151. The van der Waals surface area contributed by atoms with Gasteiger partial charge in [0, 0.05) is 24.8 Å². The van der Waals surface area contributed by atoms with Crippen LogP contribution in [0.1, 0.15) is 30.6 Å². The summed E-state index contributed by atoms with van der Waals surface area (Å²) < 4.78 is 0. The fourth-order valence-corrected chi connectivity index (χ4v) is 3.27. The van der Waals surface area contributed by atoms with Crippen molar-refractivity contribution in [2.45, 2.75) is 26.3 Å². The summed E-state index contributed by atoms with van der Waals surface area (Å²) in [5.41, 5.74) is 1.45. The van der Waals surface area contributed by atoms with Gasteiger partial charge in [0.1, 0.15) is 5.56 Å². The van der Waals surface area contributed by atoms with E-state index in [0.717, 1.165) is 25.1 Å². The molecule has 1 aliphatic rings. The number of aromatic nitrogens is 1. The fraction of sp³-hybridized carbons (Fsp3) is 0.400. The average Bonchev–Trinajstić information content (AvgIpc) is 3.10. The number of H-pyrrole nitrogens is 1. The van der Waals surface area contributed by atoms with Crippen LogP contribution < -0.4 is 10.9 Å². The van der Waals surface area contributed by atoms with Gasteiger partial charge in [0.2, 0.25) is 0 Å². The van der Waals surface area contributed by atoms with Gasteiger partial charge >= 0.3 is 0 Å². The van der Waals surface area contributed by atoms with Crippen LogP contribution in [-0.2, 0) is 0 Å². The third-order valence-corrected chi connectivity index (χ3v) is 4.84. The number of carbonyl (C=O) groups excluding carboxylic acids is 1. The lowest BCUT2D eigenvalue weighted by atomic mass is 10.1. The van der Waals surface area contributed by atoms with E-state index in [-0.39, 0.29) is 17.0 Å². The van der Waals surface area contributed by atoms with Crippen molar-refractivity contribution >= 4 is 5.91 Å². The molecule has 25 heavy (non-hydrogen) atoms. The zero-order valence-electron chi connectivity index (χ0n) is 14.8. The van der Waals surface area contributed by atoms with Gasteiger partial charge < -0.3 is 15.2 Å². The summed E-state index contributed by atoms with van der Waals surface area (Å²) in [7, 11) is 0. The Labute approximate surface area is 148 Å². The summed E-state index contributed by atoms with van der Waals surface area (Å²) in [6, 6.07) is 13.5. The fourth-order valence-electron chi connectivity index (χ4n) is 3.27. The van der Waals surface area contributed by atoms with Crippen molar-refractivity contribution in [2.24, 2.45) is 5.92 Å². The lowest BCUT2D eigenvalue weighted by Crippen LogP contribution is -2.35. The second-order valence-electron chi connectivity index (χ2n) is 6.93. The molecule has 5 heteroatoms. The molecular weight excluding hydrogens is 314 g/mol. The Morgan fingerprint density at radius 2 is 2.00 bits per heavy atom. The highest BCUT2D eigenvalue weighted by Crippen LogP contribution is 2.18. The SMILES string of the molecule is CC(C)N1CC[C@@H](CNC(=O)c2ccc(-c3ccccc3)[nH]c2=O)C1. The van der Waals surface area contributed by atoms with Crippen molar-refractivity contribution in [3.8, 4) is 11.3 Å². The van der Waals surface area contributed by atoms with Gasteiger partial charge in [0.25, 0.3) is 11.5 Å². The molecule has 0 bridgehead atoms. The molecule has 1 aliphatic heterocycles. The first-order valence-corrected chi connectivity index (χ1v) is 8.85. The number of amides is 1. The molecule has 2 aromatic rings. The second-order valence-corrected chi connectivity index (χ2v) is 6.93. The Hall–Kier alpha value is -2.40. The zero-order chi connectivity index (χ0) is 17.8. The van der Waals surface area contributed by atoms with Crippen LogP contribution in [0, 0.1) is 5.92 Å². The van der Waals surface area contributed by atoms with E-state index in [1.807, 2.05) is 30.3 Å². The molecule has 3 rings (SSSR count). The number of carbonyl (C=O) groups is 1. The third kappa shape index (κ3) is 4.17. The first-order valence-electron chi connectivity index (χ1n) is 8.85. The maximum atomic E-state index is 12.3.